The maximum absolute atomic E-state index is 14.2. The van der Waals surface area contributed by atoms with Crippen molar-refractivity contribution in [3.05, 3.63) is 135 Å². The molecule has 0 aliphatic heterocycles. The van der Waals surface area contributed by atoms with Gasteiger partial charge in [0, 0.05) is 38.4 Å². The van der Waals surface area contributed by atoms with Gasteiger partial charge < -0.3 is 0 Å². The molecule has 5 rings (SSSR count). The topological polar surface area (TPSA) is 17.1 Å². The molecule has 34 heavy (non-hydrogen) atoms. The second kappa shape index (κ2) is 10.2. The molecule has 0 atom stereocenters. The monoisotopic (exact) mass is 792 g/mol. The van der Waals surface area contributed by atoms with E-state index in [0.717, 1.165) is 60.6 Å². The van der Waals surface area contributed by atoms with Crippen LogP contribution in [0.4, 0.5) is 0 Å². The maximum atomic E-state index is 14.2. The van der Waals surface area contributed by atoms with Crippen LogP contribution in [0.1, 0.15) is 22.3 Å². The van der Waals surface area contributed by atoms with Crippen molar-refractivity contribution in [3.63, 3.8) is 0 Å². The Balaban J connectivity index is 1.86. The van der Waals surface area contributed by atoms with Crippen molar-refractivity contribution in [3.8, 4) is 0 Å². The van der Waals surface area contributed by atoms with Crippen molar-refractivity contribution >= 4 is 105 Å². The Bertz CT molecular complexity index is 1340. The lowest BCUT2D eigenvalue weighted by Crippen LogP contribution is -2.02. The number of hydrogen-bond donors (Lipinski definition) is 0. The van der Waals surface area contributed by atoms with Gasteiger partial charge in [0.2, 0.25) is 0 Å². The van der Waals surface area contributed by atoms with Crippen LogP contribution in [0, 0.1) is 7.14 Å². The molecule has 1 aliphatic rings. The minimum Gasteiger partial charge on any atom is -0.289 e. The number of Topliss-reactive ketones (excluding diaryl/α,β-unsaturated/α-hetero) is 1. The van der Waals surface area contributed by atoms with Gasteiger partial charge >= 0.3 is 0 Å². The van der Waals surface area contributed by atoms with E-state index in [4.69, 9.17) is 0 Å². The maximum Gasteiger partial charge on any atom is 0.195 e. The molecule has 0 fully saturated rings. The van der Waals surface area contributed by atoms with Crippen LogP contribution in [0.2, 0.25) is 0 Å². The van der Waals surface area contributed by atoms with Gasteiger partial charge in [0.15, 0.2) is 5.78 Å². The first-order chi connectivity index (χ1) is 16.4. The lowest BCUT2D eigenvalue weighted by Gasteiger charge is -2.14. The van der Waals surface area contributed by atoms with Crippen molar-refractivity contribution in [2.45, 2.75) is 0 Å². The van der Waals surface area contributed by atoms with Crippen molar-refractivity contribution in [1.29, 1.82) is 0 Å². The van der Waals surface area contributed by atoms with Crippen LogP contribution in [-0.4, -0.2) is 5.78 Å². The average Bonchev–Trinajstić information content (AvgIpc) is 3.14. The lowest BCUT2D eigenvalue weighted by atomic mass is 9.89. The summed E-state index contributed by atoms with van der Waals surface area (Å²) in [4.78, 5) is 14.2. The van der Waals surface area contributed by atoms with E-state index < -0.39 is 0 Å². The quantitative estimate of drug-likeness (QED) is 0.188. The second-order valence-corrected chi connectivity index (χ2v) is 12.2. The van der Waals surface area contributed by atoms with Crippen LogP contribution in [0.5, 0.6) is 0 Å². The number of benzene rings is 4. The lowest BCUT2D eigenvalue weighted by molar-refractivity contribution is -0.108. The number of allylic oxidation sites excluding steroid dienone is 4. The van der Waals surface area contributed by atoms with Gasteiger partial charge in [-0.05, 0) is 116 Å². The van der Waals surface area contributed by atoms with Gasteiger partial charge in [0.05, 0.1) is 0 Å². The van der Waals surface area contributed by atoms with Crippen LogP contribution in [0.15, 0.2) is 106 Å². The first kappa shape index (κ1) is 24.2. The summed E-state index contributed by atoms with van der Waals surface area (Å²) in [6.07, 6.45) is 0. The summed E-state index contributed by atoms with van der Waals surface area (Å²) < 4.78 is 4.28. The highest BCUT2D eigenvalue weighted by atomic mass is 127. The first-order valence-electron chi connectivity index (χ1n) is 10.5. The zero-order chi connectivity index (χ0) is 23.8. The SMILES string of the molecule is O=C1C(c2ccc(I)cc2)=C(c2ccc(Br)cc2)C(c2ccc(Br)cc2)=C1c1ccc(I)cc1. The van der Waals surface area contributed by atoms with Crippen LogP contribution in [0.3, 0.4) is 0 Å². The summed E-state index contributed by atoms with van der Waals surface area (Å²) in [5.74, 6) is 0.0539. The van der Waals surface area contributed by atoms with E-state index in [9.17, 15) is 4.79 Å². The van der Waals surface area contributed by atoms with Crippen LogP contribution in [0.25, 0.3) is 22.3 Å². The van der Waals surface area contributed by atoms with Crippen LogP contribution in [-0.2, 0) is 4.79 Å². The second-order valence-electron chi connectivity index (χ2n) is 7.86. The molecule has 1 nitrogen and oxygen atoms in total. The first-order valence-corrected chi connectivity index (χ1v) is 14.2. The molecule has 0 saturated heterocycles. The Morgan fingerprint density at radius 1 is 0.412 bits per heavy atom. The van der Waals surface area contributed by atoms with E-state index in [1.807, 2.05) is 48.5 Å². The molecular formula is C29H16Br2I2O. The number of hydrogen-bond acceptors (Lipinski definition) is 1. The molecule has 0 radical (unpaired) electrons. The Morgan fingerprint density at radius 2 is 0.676 bits per heavy atom. The van der Waals surface area contributed by atoms with Gasteiger partial charge in [0.25, 0.3) is 0 Å². The van der Waals surface area contributed by atoms with Gasteiger partial charge in [0.1, 0.15) is 0 Å². The highest BCUT2D eigenvalue weighted by Gasteiger charge is 2.35. The highest BCUT2D eigenvalue weighted by molar-refractivity contribution is 14.1. The van der Waals surface area contributed by atoms with Crippen molar-refractivity contribution in [1.82, 2.24) is 0 Å². The molecule has 0 saturated carbocycles. The summed E-state index contributed by atoms with van der Waals surface area (Å²) >= 11 is 11.7. The third-order valence-corrected chi connectivity index (χ3v) is 8.23. The fourth-order valence-electron chi connectivity index (χ4n) is 4.20. The normalized spacial score (nSPS) is 13.7. The van der Waals surface area contributed by atoms with Crippen molar-refractivity contribution in [2.24, 2.45) is 0 Å². The Hall–Kier alpha value is -1.55. The fraction of sp³-hybridized carbons (Fsp3) is 0. The van der Waals surface area contributed by atoms with Gasteiger partial charge in [-0.15, -0.1) is 0 Å². The Labute approximate surface area is 242 Å². The number of rotatable bonds is 4. The standard InChI is InChI=1S/C29H16Br2I2O/c30-21-9-1-17(2-10-21)25-26(18-3-11-22(31)12-4-18)28(20-7-15-24(33)16-8-20)29(34)27(25)19-5-13-23(32)14-6-19/h1-16H. The number of halogens is 4. The Kier molecular flexibility index (Phi) is 7.25. The molecule has 0 spiro atoms. The molecule has 0 bridgehead atoms. The van der Waals surface area contributed by atoms with Gasteiger partial charge in [-0.3, -0.25) is 4.79 Å². The third kappa shape index (κ3) is 4.76. The fourth-order valence-corrected chi connectivity index (χ4v) is 5.44. The zero-order valence-electron chi connectivity index (χ0n) is 17.7. The molecule has 0 aromatic heterocycles. The summed E-state index contributed by atoms with van der Waals surface area (Å²) in [5, 5.41) is 0. The third-order valence-electron chi connectivity index (χ3n) is 5.74. The van der Waals surface area contributed by atoms with E-state index in [-0.39, 0.29) is 5.78 Å². The summed E-state index contributed by atoms with van der Waals surface area (Å²) in [7, 11) is 0. The number of carbonyl (C=O) groups excluding carboxylic acids is 1. The molecule has 1 aliphatic carbocycles. The molecular weight excluding hydrogens is 778 g/mol. The van der Waals surface area contributed by atoms with E-state index in [2.05, 4.69) is 126 Å². The van der Waals surface area contributed by atoms with E-state index in [0.29, 0.717) is 0 Å². The predicted octanol–water partition coefficient (Wildman–Crippen LogP) is 9.53. The predicted molar refractivity (Wildman–Crippen MR) is 165 cm³/mol. The number of carbonyl (C=O) groups is 1. The van der Waals surface area contributed by atoms with Crippen LogP contribution >= 0.6 is 77.0 Å². The zero-order valence-corrected chi connectivity index (χ0v) is 25.1. The largest absolute Gasteiger partial charge is 0.289 e. The molecule has 166 valence electrons. The molecule has 0 heterocycles. The molecule has 5 heteroatoms. The minimum absolute atomic E-state index is 0.0539. The minimum atomic E-state index is 0.0539. The van der Waals surface area contributed by atoms with Gasteiger partial charge in [-0.25, -0.2) is 0 Å². The highest BCUT2D eigenvalue weighted by Crippen LogP contribution is 2.50. The Morgan fingerprint density at radius 3 is 1.00 bits per heavy atom. The molecule has 0 amide bonds. The van der Waals surface area contributed by atoms with Crippen molar-refractivity contribution in [2.75, 3.05) is 0 Å². The molecule has 0 N–H and O–H groups in total. The van der Waals surface area contributed by atoms with E-state index in [1.165, 1.54) is 0 Å². The van der Waals surface area contributed by atoms with E-state index >= 15 is 0 Å². The van der Waals surface area contributed by atoms with Crippen molar-refractivity contribution < 1.29 is 4.79 Å². The van der Waals surface area contributed by atoms with E-state index in [1.54, 1.807) is 0 Å². The van der Waals surface area contributed by atoms with Gasteiger partial charge in [-0.1, -0.05) is 80.4 Å². The smallest absolute Gasteiger partial charge is 0.195 e. The molecule has 4 aromatic carbocycles. The summed E-state index contributed by atoms with van der Waals surface area (Å²) in [6, 6.07) is 32.8. The van der Waals surface area contributed by atoms with Gasteiger partial charge in [-0.2, -0.15) is 0 Å². The summed E-state index contributed by atoms with van der Waals surface area (Å²) in [5.41, 5.74) is 7.31. The summed E-state index contributed by atoms with van der Waals surface area (Å²) in [6.45, 7) is 0. The number of ketones is 1. The average molecular weight is 794 g/mol. The van der Waals surface area contributed by atoms with Crippen LogP contribution < -0.4 is 0 Å². The molecule has 4 aromatic rings. The molecule has 0 unspecified atom stereocenters.